The zero-order valence-electron chi connectivity index (χ0n) is 13.9. The van der Waals surface area contributed by atoms with E-state index in [1.165, 1.54) is 0 Å². The molecule has 0 amide bonds. The first-order valence-corrected chi connectivity index (χ1v) is 7.72. The Hall–Kier alpha value is -1.40. The first-order chi connectivity index (χ1) is 10.1. The summed E-state index contributed by atoms with van der Waals surface area (Å²) in [6, 6.07) is 2.27. The van der Waals surface area contributed by atoms with Gasteiger partial charge in [0.05, 0.1) is 0 Å². The summed E-state index contributed by atoms with van der Waals surface area (Å²) in [5.41, 5.74) is 0. The molecule has 0 aromatic carbocycles. The van der Waals surface area contributed by atoms with Crippen LogP contribution in [-0.4, -0.2) is 54.2 Å². The minimum Gasteiger partial charge on any atom is -0.377 e. The van der Waals surface area contributed by atoms with Crippen LogP contribution in [0.25, 0.3) is 0 Å². The highest BCUT2D eigenvalue weighted by Crippen LogP contribution is 2.13. The SMILES string of the molecule is CCNc1cc(NC(C)CN(CC)CC)nc(COC)n1. The average molecular weight is 295 g/mol. The Morgan fingerprint density at radius 1 is 1.19 bits per heavy atom. The van der Waals surface area contributed by atoms with E-state index in [9.17, 15) is 0 Å². The quantitative estimate of drug-likeness (QED) is 0.690. The van der Waals surface area contributed by atoms with Gasteiger partial charge in [-0.1, -0.05) is 13.8 Å². The molecule has 1 aromatic rings. The number of nitrogens with one attached hydrogen (secondary N) is 2. The molecular weight excluding hydrogens is 266 g/mol. The van der Waals surface area contributed by atoms with Gasteiger partial charge >= 0.3 is 0 Å². The average Bonchev–Trinajstić information content (AvgIpc) is 2.45. The molecule has 1 atom stereocenters. The van der Waals surface area contributed by atoms with Gasteiger partial charge < -0.3 is 20.3 Å². The van der Waals surface area contributed by atoms with Crippen molar-refractivity contribution in [2.45, 2.75) is 40.3 Å². The second-order valence-corrected chi connectivity index (χ2v) is 5.05. The van der Waals surface area contributed by atoms with Gasteiger partial charge in [-0.05, 0) is 26.9 Å². The highest BCUT2D eigenvalue weighted by atomic mass is 16.5. The van der Waals surface area contributed by atoms with E-state index in [1.807, 2.05) is 13.0 Å². The molecule has 0 aliphatic rings. The third kappa shape index (κ3) is 6.27. The fraction of sp³-hybridized carbons (Fsp3) is 0.733. The predicted molar refractivity (Wildman–Crippen MR) is 87.8 cm³/mol. The standard InChI is InChI=1S/C15H29N5O/c1-6-16-13-9-14(19-15(18-13)11-21-5)17-12(4)10-20(7-2)8-3/h9,12H,6-8,10-11H2,1-5H3,(H2,16,17,18,19). The molecule has 6 nitrogen and oxygen atoms in total. The fourth-order valence-electron chi connectivity index (χ4n) is 2.20. The molecule has 21 heavy (non-hydrogen) atoms. The highest BCUT2D eigenvalue weighted by molar-refractivity contribution is 5.48. The molecule has 2 N–H and O–H groups in total. The lowest BCUT2D eigenvalue weighted by molar-refractivity contribution is 0.178. The molecule has 0 aliphatic heterocycles. The molecule has 0 spiro atoms. The maximum atomic E-state index is 5.13. The van der Waals surface area contributed by atoms with E-state index in [-0.39, 0.29) is 0 Å². The number of methoxy groups -OCH3 is 1. The van der Waals surface area contributed by atoms with Crippen LogP contribution in [-0.2, 0) is 11.3 Å². The summed E-state index contributed by atoms with van der Waals surface area (Å²) < 4.78 is 5.13. The Labute approximate surface area is 128 Å². The van der Waals surface area contributed by atoms with Crippen LogP contribution in [0.1, 0.15) is 33.5 Å². The van der Waals surface area contributed by atoms with Gasteiger partial charge in [0.1, 0.15) is 18.2 Å². The number of ether oxygens (including phenoxy) is 1. The molecule has 0 saturated heterocycles. The summed E-state index contributed by atoms with van der Waals surface area (Å²) >= 11 is 0. The molecule has 1 aromatic heterocycles. The second kappa shape index (κ2) is 9.52. The minimum absolute atomic E-state index is 0.324. The first kappa shape index (κ1) is 17.7. The van der Waals surface area contributed by atoms with Crippen molar-refractivity contribution in [2.75, 3.05) is 43.9 Å². The molecule has 0 bridgehead atoms. The first-order valence-electron chi connectivity index (χ1n) is 7.72. The van der Waals surface area contributed by atoms with Crippen molar-refractivity contribution in [2.24, 2.45) is 0 Å². The molecule has 6 heteroatoms. The molecular formula is C15H29N5O. The molecule has 0 radical (unpaired) electrons. The van der Waals surface area contributed by atoms with Crippen LogP contribution >= 0.6 is 0 Å². The summed E-state index contributed by atoms with van der Waals surface area (Å²) in [6.07, 6.45) is 0. The Balaban J connectivity index is 2.75. The van der Waals surface area contributed by atoms with Crippen molar-refractivity contribution in [3.8, 4) is 0 Å². The normalized spacial score (nSPS) is 12.5. The van der Waals surface area contributed by atoms with E-state index in [1.54, 1.807) is 7.11 Å². The van der Waals surface area contributed by atoms with Crippen LogP contribution in [0.3, 0.4) is 0 Å². The van der Waals surface area contributed by atoms with Gasteiger partial charge in [0.15, 0.2) is 5.82 Å². The van der Waals surface area contributed by atoms with Gasteiger partial charge in [0.2, 0.25) is 0 Å². The van der Waals surface area contributed by atoms with E-state index in [0.717, 1.165) is 37.8 Å². The second-order valence-electron chi connectivity index (χ2n) is 5.05. The number of aromatic nitrogens is 2. The summed E-state index contributed by atoms with van der Waals surface area (Å²) in [5, 5.41) is 6.68. The maximum Gasteiger partial charge on any atom is 0.158 e. The zero-order valence-corrected chi connectivity index (χ0v) is 13.9. The van der Waals surface area contributed by atoms with E-state index in [0.29, 0.717) is 18.5 Å². The largest absolute Gasteiger partial charge is 0.377 e. The van der Waals surface area contributed by atoms with Gasteiger partial charge in [-0.2, -0.15) is 0 Å². The van der Waals surface area contributed by atoms with E-state index >= 15 is 0 Å². The lowest BCUT2D eigenvalue weighted by Gasteiger charge is -2.24. The van der Waals surface area contributed by atoms with Crippen molar-refractivity contribution in [1.29, 1.82) is 0 Å². The molecule has 120 valence electrons. The van der Waals surface area contributed by atoms with Crippen molar-refractivity contribution in [3.63, 3.8) is 0 Å². The predicted octanol–water partition coefficient (Wildman–Crippen LogP) is 2.20. The Morgan fingerprint density at radius 2 is 1.86 bits per heavy atom. The molecule has 0 saturated carbocycles. The number of rotatable bonds is 10. The Bertz CT molecular complexity index is 385. The van der Waals surface area contributed by atoms with E-state index in [2.05, 4.69) is 46.3 Å². The fourth-order valence-corrected chi connectivity index (χ4v) is 2.20. The molecule has 1 rings (SSSR count). The van der Waals surface area contributed by atoms with Gasteiger partial charge in [0.25, 0.3) is 0 Å². The van der Waals surface area contributed by atoms with Crippen molar-refractivity contribution in [1.82, 2.24) is 14.9 Å². The highest BCUT2D eigenvalue weighted by Gasteiger charge is 2.10. The van der Waals surface area contributed by atoms with Gasteiger partial charge in [-0.3, -0.25) is 0 Å². The Kier molecular flexibility index (Phi) is 8.00. The van der Waals surface area contributed by atoms with Crippen LogP contribution in [0, 0.1) is 0 Å². The smallest absolute Gasteiger partial charge is 0.158 e. The lowest BCUT2D eigenvalue weighted by atomic mass is 10.3. The van der Waals surface area contributed by atoms with Crippen molar-refractivity contribution >= 4 is 11.6 Å². The molecule has 1 unspecified atom stereocenters. The third-order valence-electron chi connectivity index (χ3n) is 3.22. The zero-order chi connectivity index (χ0) is 15.7. The maximum absolute atomic E-state index is 5.13. The van der Waals surface area contributed by atoms with Crippen LogP contribution in [0.15, 0.2) is 6.07 Å². The van der Waals surface area contributed by atoms with Crippen molar-refractivity contribution < 1.29 is 4.74 Å². The summed E-state index contributed by atoms with van der Waals surface area (Å²) in [7, 11) is 1.65. The van der Waals surface area contributed by atoms with Crippen LogP contribution in [0.4, 0.5) is 11.6 Å². The Morgan fingerprint density at radius 3 is 2.43 bits per heavy atom. The molecule has 1 heterocycles. The van der Waals surface area contributed by atoms with Gasteiger partial charge in [-0.25, -0.2) is 9.97 Å². The monoisotopic (exact) mass is 295 g/mol. The van der Waals surface area contributed by atoms with Gasteiger partial charge in [-0.15, -0.1) is 0 Å². The summed E-state index contributed by atoms with van der Waals surface area (Å²) in [4.78, 5) is 11.3. The van der Waals surface area contributed by atoms with Crippen molar-refractivity contribution in [3.05, 3.63) is 11.9 Å². The third-order valence-corrected chi connectivity index (χ3v) is 3.22. The van der Waals surface area contributed by atoms with Crippen LogP contribution in [0.2, 0.25) is 0 Å². The minimum atomic E-state index is 0.324. The number of hydrogen-bond donors (Lipinski definition) is 2. The number of hydrogen-bond acceptors (Lipinski definition) is 6. The number of anilines is 2. The molecule has 0 aliphatic carbocycles. The summed E-state index contributed by atoms with van der Waals surface area (Å²) in [6.45, 7) is 12.9. The van der Waals surface area contributed by atoms with E-state index < -0.39 is 0 Å². The number of nitrogens with zero attached hydrogens (tertiary/aromatic N) is 3. The number of likely N-dealkylation sites (N-methyl/N-ethyl adjacent to an activating group) is 1. The van der Waals surface area contributed by atoms with Crippen LogP contribution in [0.5, 0.6) is 0 Å². The topological polar surface area (TPSA) is 62.3 Å². The lowest BCUT2D eigenvalue weighted by Crippen LogP contribution is -2.35. The van der Waals surface area contributed by atoms with Gasteiger partial charge in [0, 0.05) is 32.3 Å². The van der Waals surface area contributed by atoms with E-state index in [4.69, 9.17) is 4.74 Å². The summed E-state index contributed by atoms with van der Waals surface area (Å²) in [5.74, 6) is 2.36. The molecule has 0 fully saturated rings. The van der Waals surface area contributed by atoms with Crippen LogP contribution < -0.4 is 10.6 Å².